The van der Waals surface area contributed by atoms with Gasteiger partial charge >= 0.3 is 0 Å². The fourth-order valence-corrected chi connectivity index (χ4v) is 3.78. The van der Waals surface area contributed by atoms with Gasteiger partial charge in [-0.1, -0.05) is 6.92 Å². The molecule has 1 amide bonds. The Balaban J connectivity index is 1.65. The number of hydrogen-bond acceptors (Lipinski definition) is 5. The maximum atomic E-state index is 12.9. The smallest absolute Gasteiger partial charge is 0.225 e. The molecule has 25 heavy (non-hydrogen) atoms. The van der Waals surface area contributed by atoms with Crippen LogP contribution in [0.1, 0.15) is 38.2 Å². The van der Waals surface area contributed by atoms with Crippen molar-refractivity contribution in [2.75, 3.05) is 25.1 Å². The second-order valence-electron chi connectivity index (χ2n) is 7.25. The van der Waals surface area contributed by atoms with Gasteiger partial charge in [0, 0.05) is 38.2 Å². The first kappa shape index (κ1) is 17.7. The summed E-state index contributed by atoms with van der Waals surface area (Å²) < 4.78 is 5.45. The van der Waals surface area contributed by atoms with Crippen LogP contribution in [0.3, 0.4) is 0 Å². The van der Waals surface area contributed by atoms with Crippen LogP contribution in [-0.4, -0.2) is 36.7 Å². The molecule has 1 aromatic rings. The Morgan fingerprint density at radius 2 is 2.20 bits per heavy atom. The van der Waals surface area contributed by atoms with Gasteiger partial charge in [0.1, 0.15) is 6.07 Å². The predicted molar refractivity (Wildman–Crippen MR) is 94.8 cm³/mol. The minimum Gasteiger partial charge on any atom is -0.383 e. The third kappa shape index (κ3) is 4.49. The molecule has 0 radical (unpaired) electrons. The van der Waals surface area contributed by atoms with E-state index in [0.717, 1.165) is 31.4 Å². The summed E-state index contributed by atoms with van der Waals surface area (Å²) in [5.41, 5.74) is 1.24. The van der Waals surface area contributed by atoms with Crippen LogP contribution in [0.15, 0.2) is 18.5 Å². The third-order valence-electron chi connectivity index (χ3n) is 5.35. The Bertz CT molecular complexity index is 631. The molecule has 1 aliphatic heterocycles. The lowest BCUT2D eigenvalue weighted by atomic mass is 9.80. The standard InChI is InChI=1S/C19H26N4O2/c1-13-8-16(9-13)23-19(24)17(14-3-6-25-7-4-14)12-22-18-2-5-21-11-15(18)10-20/h2,5,11,13-14,16-17H,3-4,6-9,12H2,1H3,(H,21,22)(H,23,24). The van der Waals surface area contributed by atoms with Crippen LogP contribution in [0, 0.1) is 29.1 Å². The minimum atomic E-state index is -0.112. The molecule has 3 rings (SSSR count). The van der Waals surface area contributed by atoms with Crippen LogP contribution in [0.25, 0.3) is 0 Å². The summed E-state index contributed by atoms with van der Waals surface area (Å²) in [6, 6.07) is 4.24. The summed E-state index contributed by atoms with van der Waals surface area (Å²) in [6.07, 6.45) is 7.15. The van der Waals surface area contributed by atoms with Crippen LogP contribution in [-0.2, 0) is 9.53 Å². The molecule has 1 atom stereocenters. The number of amides is 1. The Kier molecular flexibility index (Phi) is 5.87. The summed E-state index contributed by atoms with van der Waals surface area (Å²) in [5.74, 6) is 1.04. The Labute approximate surface area is 149 Å². The van der Waals surface area contributed by atoms with Crippen LogP contribution < -0.4 is 10.6 Å². The molecule has 1 saturated heterocycles. The van der Waals surface area contributed by atoms with Gasteiger partial charge in [0.05, 0.1) is 17.2 Å². The van der Waals surface area contributed by atoms with Gasteiger partial charge in [-0.05, 0) is 43.6 Å². The molecule has 6 heteroatoms. The SMILES string of the molecule is CC1CC(NC(=O)C(CNc2ccncc2C#N)C2CCOCC2)C1. The molecular weight excluding hydrogens is 316 g/mol. The van der Waals surface area contributed by atoms with Crippen molar-refractivity contribution in [1.29, 1.82) is 5.26 Å². The number of nitriles is 1. The highest BCUT2D eigenvalue weighted by atomic mass is 16.5. The molecule has 2 aliphatic rings. The molecule has 1 aromatic heterocycles. The highest BCUT2D eigenvalue weighted by Gasteiger charge is 2.33. The van der Waals surface area contributed by atoms with E-state index in [2.05, 4.69) is 28.6 Å². The van der Waals surface area contributed by atoms with Crippen molar-refractivity contribution in [3.63, 3.8) is 0 Å². The van der Waals surface area contributed by atoms with Gasteiger partial charge in [-0.2, -0.15) is 5.26 Å². The Morgan fingerprint density at radius 1 is 1.44 bits per heavy atom. The maximum absolute atomic E-state index is 12.9. The highest BCUT2D eigenvalue weighted by Crippen LogP contribution is 2.29. The number of rotatable bonds is 6. The van der Waals surface area contributed by atoms with Crippen LogP contribution in [0.2, 0.25) is 0 Å². The van der Waals surface area contributed by atoms with Crippen molar-refractivity contribution < 1.29 is 9.53 Å². The van der Waals surface area contributed by atoms with Gasteiger partial charge in [0.25, 0.3) is 0 Å². The van der Waals surface area contributed by atoms with E-state index in [9.17, 15) is 10.1 Å². The molecular formula is C19H26N4O2. The molecule has 0 aromatic carbocycles. The van der Waals surface area contributed by atoms with E-state index >= 15 is 0 Å². The van der Waals surface area contributed by atoms with E-state index in [1.807, 2.05) is 0 Å². The second kappa shape index (κ2) is 8.30. The lowest BCUT2D eigenvalue weighted by molar-refractivity contribution is -0.129. The average Bonchev–Trinajstić information content (AvgIpc) is 2.62. The molecule has 0 spiro atoms. The molecule has 2 N–H and O–H groups in total. The number of aromatic nitrogens is 1. The first-order chi connectivity index (χ1) is 12.2. The van der Waals surface area contributed by atoms with Crippen molar-refractivity contribution in [1.82, 2.24) is 10.3 Å². The number of hydrogen-bond donors (Lipinski definition) is 2. The van der Waals surface area contributed by atoms with Crippen molar-refractivity contribution in [3.8, 4) is 6.07 Å². The number of carbonyl (C=O) groups is 1. The second-order valence-corrected chi connectivity index (χ2v) is 7.25. The number of carbonyl (C=O) groups excluding carboxylic acids is 1. The largest absolute Gasteiger partial charge is 0.383 e. The molecule has 0 bridgehead atoms. The van der Waals surface area contributed by atoms with Gasteiger partial charge in [0.15, 0.2) is 0 Å². The molecule has 2 heterocycles. The van der Waals surface area contributed by atoms with E-state index in [1.165, 1.54) is 0 Å². The lowest BCUT2D eigenvalue weighted by Crippen LogP contribution is -2.49. The van der Waals surface area contributed by atoms with E-state index in [-0.39, 0.29) is 11.8 Å². The van der Waals surface area contributed by atoms with E-state index in [1.54, 1.807) is 18.5 Å². The normalized spacial score (nSPS) is 24.6. The maximum Gasteiger partial charge on any atom is 0.225 e. The fraction of sp³-hybridized carbons (Fsp3) is 0.632. The zero-order valence-electron chi connectivity index (χ0n) is 14.7. The zero-order valence-corrected chi connectivity index (χ0v) is 14.7. The molecule has 6 nitrogen and oxygen atoms in total. The first-order valence-corrected chi connectivity index (χ1v) is 9.13. The predicted octanol–water partition coefficient (Wildman–Crippen LogP) is 2.32. The topological polar surface area (TPSA) is 87.0 Å². The van der Waals surface area contributed by atoms with Crippen LogP contribution >= 0.6 is 0 Å². The quantitative estimate of drug-likeness (QED) is 0.828. The number of nitrogens with zero attached hydrogens (tertiary/aromatic N) is 2. The highest BCUT2D eigenvalue weighted by molar-refractivity contribution is 5.80. The Morgan fingerprint density at radius 3 is 2.88 bits per heavy atom. The summed E-state index contributed by atoms with van der Waals surface area (Å²) >= 11 is 0. The molecule has 1 aliphatic carbocycles. The summed E-state index contributed by atoms with van der Waals surface area (Å²) in [6.45, 7) is 4.17. The lowest BCUT2D eigenvalue weighted by Gasteiger charge is -2.36. The van der Waals surface area contributed by atoms with Gasteiger partial charge in [0.2, 0.25) is 5.91 Å². The summed E-state index contributed by atoms with van der Waals surface area (Å²) in [4.78, 5) is 16.8. The Hall–Kier alpha value is -2.13. The summed E-state index contributed by atoms with van der Waals surface area (Å²) in [5, 5.41) is 15.7. The van der Waals surface area contributed by atoms with Gasteiger partial charge in [-0.15, -0.1) is 0 Å². The minimum absolute atomic E-state index is 0.112. The van der Waals surface area contributed by atoms with Crippen LogP contribution in [0.5, 0.6) is 0 Å². The molecule has 2 fully saturated rings. The fourth-order valence-electron chi connectivity index (χ4n) is 3.78. The van der Waals surface area contributed by atoms with Crippen molar-refractivity contribution in [2.45, 2.75) is 38.6 Å². The third-order valence-corrected chi connectivity index (χ3v) is 5.35. The van der Waals surface area contributed by atoms with Gasteiger partial charge < -0.3 is 15.4 Å². The van der Waals surface area contributed by atoms with Crippen molar-refractivity contribution >= 4 is 11.6 Å². The zero-order chi connectivity index (χ0) is 17.6. The van der Waals surface area contributed by atoms with E-state index in [0.29, 0.717) is 43.2 Å². The summed E-state index contributed by atoms with van der Waals surface area (Å²) in [7, 11) is 0. The monoisotopic (exact) mass is 342 g/mol. The van der Waals surface area contributed by atoms with Crippen molar-refractivity contribution in [3.05, 3.63) is 24.0 Å². The number of pyridine rings is 1. The van der Waals surface area contributed by atoms with Crippen molar-refractivity contribution in [2.24, 2.45) is 17.8 Å². The number of nitrogens with one attached hydrogen (secondary N) is 2. The van der Waals surface area contributed by atoms with E-state index in [4.69, 9.17) is 4.74 Å². The van der Waals surface area contributed by atoms with E-state index < -0.39 is 0 Å². The molecule has 134 valence electrons. The average molecular weight is 342 g/mol. The first-order valence-electron chi connectivity index (χ1n) is 9.13. The molecule has 1 unspecified atom stereocenters. The number of ether oxygens (including phenoxy) is 1. The molecule has 1 saturated carbocycles. The van der Waals surface area contributed by atoms with Gasteiger partial charge in [-0.25, -0.2) is 0 Å². The van der Waals surface area contributed by atoms with Gasteiger partial charge in [-0.3, -0.25) is 9.78 Å². The van der Waals surface area contributed by atoms with Crippen LogP contribution in [0.4, 0.5) is 5.69 Å². The number of anilines is 1.